The number of nitrogens with two attached hydrogens (primary N) is 1. The number of nitrogens with one attached hydrogen (secondary N) is 1. The van der Waals surface area contributed by atoms with Crippen LogP contribution in [-0.4, -0.2) is 51.1 Å². The van der Waals surface area contributed by atoms with E-state index in [9.17, 15) is 8.42 Å². The minimum absolute atomic E-state index is 0. The number of aliphatic imine (C=N–C) groups is 1. The highest BCUT2D eigenvalue weighted by Crippen LogP contribution is 2.18. The van der Waals surface area contributed by atoms with Gasteiger partial charge in [0.25, 0.3) is 0 Å². The van der Waals surface area contributed by atoms with Gasteiger partial charge in [0, 0.05) is 26.2 Å². The third kappa shape index (κ3) is 7.63. The van der Waals surface area contributed by atoms with Crippen molar-refractivity contribution in [1.82, 2.24) is 9.62 Å². The molecule has 1 aliphatic heterocycles. The quantitative estimate of drug-likeness (QED) is 0.394. The minimum atomic E-state index is -3.03. The number of rotatable bonds is 5. The standard InChI is InChI=1S/C12H26N4O2S.HI/c1-10(2)8-14-12(13)15-9-11-4-6-16(7-5-11)19(3,17)18;/h10-11H,4-9H2,1-3H3,(H3,13,14,15);1H. The third-order valence-electron chi connectivity index (χ3n) is 3.24. The van der Waals surface area contributed by atoms with Crippen LogP contribution in [0.25, 0.3) is 0 Å². The SMILES string of the molecule is CC(C)CN=C(N)NCC1CCN(S(C)(=O)=O)CC1.I. The smallest absolute Gasteiger partial charge is 0.211 e. The summed E-state index contributed by atoms with van der Waals surface area (Å²) in [5.41, 5.74) is 5.77. The zero-order valence-corrected chi connectivity index (χ0v) is 15.6. The van der Waals surface area contributed by atoms with E-state index in [1.165, 1.54) is 6.26 Å². The molecule has 0 spiro atoms. The lowest BCUT2D eigenvalue weighted by Gasteiger charge is -2.30. The molecule has 1 aliphatic rings. The van der Waals surface area contributed by atoms with Crippen LogP contribution in [0.5, 0.6) is 0 Å². The maximum absolute atomic E-state index is 11.4. The highest BCUT2D eigenvalue weighted by molar-refractivity contribution is 14.0. The zero-order chi connectivity index (χ0) is 14.5. The molecular formula is C12H27IN4O2S. The van der Waals surface area contributed by atoms with Crippen molar-refractivity contribution in [3.63, 3.8) is 0 Å². The molecule has 6 nitrogen and oxygen atoms in total. The number of hydrogen-bond donors (Lipinski definition) is 2. The molecule has 0 aromatic carbocycles. The normalized spacial score (nSPS) is 18.9. The van der Waals surface area contributed by atoms with Crippen molar-refractivity contribution in [3.05, 3.63) is 0 Å². The van der Waals surface area contributed by atoms with E-state index in [4.69, 9.17) is 5.73 Å². The Morgan fingerprint density at radius 1 is 1.40 bits per heavy atom. The Balaban J connectivity index is 0.00000361. The van der Waals surface area contributed by atoms with Gasteiger partial charge in [-0.25, -0.2) is 12.7 Å². The first-order valence-corrected chi connectivity index (χ1v) is 8.62. The van der Waals surface area contributed by atoms with Crippen molar-refractivity contribution in [2.45, 2.75) is 26.7 Å². The fourth-order valence-corrected chi connectivity index (χ4v) is 2.90. The largest absolute Gasteiger partial charge is 0.370 e. The van der Waals surface area contributed by atoms with Crippen molar-refractivity contribution in [2.24, 2.45) is 22.6 Å². The van der Waals surface area contributed by atoms with Crippen LogP contribution in [0.4, 0.5) is 0 Å². The molecule has 0 aromatic heterocycles. The van der Waals surface area contributed by atoms with E-state index in [0.717, 1.165) is 25.9 Å². The highest BCUT2D eigenvalue weighted by Gasteiger charge is 2.24. The van der Waals surface area contributed by atoms with Crippen LogP contribution in [0.3, 0.4) is 0 Å². The number of hydrogen-bond acceptors (Lipinski definition) is 3. The molecule has 120 valence electrons. The summed E-state index contributed by atoms with van der Waals surface area (Å²) < 4.78 is 24.3. The van der Waals surface area contributed by atoms with Crippen molar-refractivity contribution in [2.75, 3.05) is 32.4 Å². The van der Waals surface area contributed by atoms with Gasteiger partial charge in [0.1, 0.15) is 0 Å². The third-order valence-corrected chi connectivity index (χ3v) is 4.54. The van der Waals surface area contributed by atoms with Gasteiger partial charge >= 0.3 is 0 Å². The topological polar surface area (TPSA) is 87.8 Å². The molecule has 1 heterocycles. The lowest BCUT2D eigenvalue weighted by molar-refractivity contribution is 0.275. The summed E-state index contributed by atoms with van der Waals surface area (Å²) in [6, 6.07) is 0. The molecule has 0 aromatic rings. The van der Waals surface area contributed by atoms with Crippen LogP contribution >= 0.6 is 24.0 Å². The van der Waals surface area contributed by atoms with Gasteiger partial charge in [-0.3, -0.25) is 4.99 Å². The first kappa shape index (κ1) is 19.9. The van der Waals surface area contributed by atoms with E-state index >= 15 is 0 Å². The van der Waals surface area contributed by atoms with E-state index in [-0.39, 0.29) is 24.0 Å². The molecule has 0 aliphatic carbocycles. The summed E-state index contributed by atoms with van der Waals surface area (Å²) in [6.07, 6.45) is 3.01. The van der Waals surface area contributed by atoms with Gasteiger partial charge in [0.15, 0.2) is 5.96 Å². The number of piperidine rings is 1. The van der Waals surface area contributed by atoms with Crippen molar-refractivity contribution in [3.8, 4) is 0 Å². The fourth-order valence-electron chi connectivity index (χ4n) is 2.03. The summed E-state index contributed by atoms with van der Waals surface area (Å²) in [7, 11) is -3.03. The maximum Gasteiger partial charge on any atom is 0.211 e. The van der Waals surface area contributed by atoms with Gasteiger partial charge in [-0.15, -0.1) is 24.0 Å². The Bertz CT molecular complexity index is 404. The van der Waals surface area contributed by atoms with Gasteiger partial charge in [0.05, 0.1) is 6.26 Å². The molecule has 8 heteroatoms. The highest BCUT2D eigenvalue weighted by atomic mass is 127. The van der Waals surface area contributed by atoms with Gasteiger partial charge in [-0.1, -0.05) is 13.8 Å². The Kier molecular flexibility index (Phi) is 8.99. The summed E-state index contributed by atoms with van der Waals surface area (Å²) in [5, 5.41) is 3.12. The molecule has 0 bridgehead atoms. The second kappa shape index (κ2) is 9.04. The molecule has 1 saturated heterocycles. The van der Waals surface area contributed by atoms with Gasteiger partial charge in [0.2, 0.25) is 10.0 Å². The first-order chi connectivity index (χ1) is 8.79. The molecule has 0 atom stereocenters. The molecule has 0 radical (unpaired) electrons. The predicted octanol–water partition coefficient (Wildman–Crippen LogP) is 0.836. The van der Waals surface area contributed by atoms with E-state index in [0.29, 0.717) is 30.9 Å². The summed E-state index contributed by atoms with van der Waals surface area (Å²) in [6.45, 7) is 6.90. The van der Waals surface area contributed by atoms with E-state index < -0.39 is 10.0 Å². The molecular weight excluding hydrogens is 391 g/mol. The zero-order valence-electron chi connectivity index (χ0n) is 12.5. The van der Waals surface area contributed by atoms with Crippen LogP contribution in [0, 0.1) is 11.8 Å². The Morgan fingerprint density at radius 2 is 1.95 bits per heavy atom. The fraction of sp³-hybridized carbons (Fsp3) is 0.917. The summed E-state index contributed by atoms with van der Waals surface area (Å²) in [4.78, 5) is 4.24. The Labute approximate surface area is 139 Å². The van der Waals surface area contributed by atoms with Crippen LogP contribution in [0.2, 0.25) is 0 Å². The monoisotopic (exact) mass is 418 g/mol. The van der Waals surface area contributed by atoms with Crippen LogP contribution in [0.1, 0.15) is 26.7 Å². The predicted molar refractivity (Wildman–Crippen MR) is 93.9 cm³/mol. The average Bonchev–Trinajstić information content (AvgIpc) is 2.33. The molecule has 20 heavy (non-hydrogen) atoms. The number of sulfonamides is 1. The van der Waals surface area contributed by atoms with Gasteiger partial charge < -0.3 is 11.1 Å². The van der Waals surface area contributed by atoms with Gasteiger partial charge in [-0.05, 0) is 24.7 Å². The van der Waals surface area contributed by atoms with Crippen molar-refractivity contribution < 1.29 is 8.42 Å². The van der Waals surface area contributed by atoms with Gasteiger partial charge in [-0.2, -0.15) is 0 Å². The lowest BCUT2D eigenvalue weighted by Crippen LogP contribution is -2.42. The van der Waals surface area contributed by atoms with Crippen LogP contribution in [-0.2, 0) is 10.0 Å². The average molecular weight is 418 g/mol. The molecule has 0 unspecified atom stereocenters. The number of halogens is 1. The lowest BCUT2D eigenvalue weighted by atomic mass is 9.98. The molecule has 0 saturated carbocycles. The van der Waals surface area contributed by atoms with E-state index in [1.807, 2.05) is 0 Å². The van der Waals surface area contributed by atoms with Crippen molar-refractivity contribution in [1.29, 1.82) is 0 Å². The maximum atomic E-state index is 11.4. The number of nitrogens with zero attached hydrogens (tertiary/aromatic N) is 2. The van der Waals surface area contributed by atoms with E-state index in [1.54, 1.807) is 4.31 Å². The molecule has 1 rings (SSSR count). The van der Waals surface area contributed by atoms with Crippen molar-refractivity contribution >= 4 is 40.0 Å². The Hall–Kier alpha value is -0.0900. The Morgan fingerprint density at radius 3 is 2.40 bits per heavy atom. The second-order valence-corrected chi connectivity index (χ2v) is 7.59. The van der Waals surface area contributed by atoms with Crippen LogP contribution in [0.15, 0.2) is 4.99 Å². The molecule has 0 amide bonds. The molecule has 1 fully saturated rings. The first-order valence-electron chi connectivity index (χ1n) is 6.78. The number of guanidine groups is 1. The molecule has 3 N–H and O–H groups in total. The second-order valence-electron chi connectivity index (χ2n) is 5.61. The summed E-state index contributed by atoms with van der Waals surface area (Å²) >= 11 is 0. The summed E-state index contributed by atoms with van der Waals surface area (Å²) in [5.74, 6) is 1.45. The van der Waals surface area contributed by atoms with E-state index in [2.05, 4.69) is 24.2 Å². The minimum Gasteiger partial charge on any atom is -0.370 e. The van der Waals surface area contributed by atoms with Crippen LogP contribution < -0.4 is 11.1 Å².